The van der Waals surface area contributed by atoms with Crippen molar-refractivity contribution < 1.29 is 19.1 Å². The zero-order chi connectivity index (χ0) is 21.5. The molecule has 0 radical (unpaired) electrons. The number of imidazole rings is 1. The van der Waals surface area contributed by atoms with Gasteiger partial charge in [-0.15, -0.1) is 0 Å². The van der Waals surface area contributed by atoms with Crippen LogP contribution in [0, 0.1) is 13.8 Å². The van der Waals surface area contributed by atoms with Gasteiger partial charge in [0.1, 0.15) is 0 Å². The van der Waals surface area contributed by atoms with Crippen LogP contribution in [0.5, 0.6) is 0 Å². The summed E-state index contributed by atoms with van der Waals surface area (Å²) in [5, 5.41) is 3.70. The molecule has 7 nitrogen and oxygen atoms in total. The maximum Gasteiger partial charge on any atom is 0.338 e. The van der Waals surface area contributed by atoms with Gasteiger partial charge in [0.25, 0.3) is 0 Å². The van der Waals surface area contributed by atoms with E-state index < -0.39 is 0 Å². The molecule has 162 valence electrons. The minimum atomic E-state index is -0.353. The van der Waals surface area contributed by atoms with Crippen LogP contribution in [0.3, 0.4) is 0 Å². The highest BCUT2D eigenvalue weighted by atomic mass is 32.2. The van der Waals surface area contributed by atoms with Crippen LogP contribution in [0.2, 0.25) is 0 Å². The van der Waals surface area contributed by atoms with Crippen LogP contribution >= 0.6 is 11.8 Å². The van der Waals surface area contributed by atoms with Gasteiger partial charge in [-0.05, 0) is 57.4 Å². The molecule has 2 heterocycles. The number of esters is 1. The van der Waals surface area contributed by atoms with Gasteiger partial charge in [0, 0.05) is 18.0 Å². The molecule has 2 aromatic rings. The number of carbonyl (C=O) groups excluding carboxylic acids is 2. The first-order chi connectivity index (χ1) is 14.5. The molecule has 1 fully saturated rings. The van der Waals surface area contributed by atoms with Gasteiger partial charge in [0.2, 0.25) is 5.91 Å². The van der Waals surface area contributed by atoms with Gasteiger partial charge in [-0.2, -0.15) is 0 Å². The molecule has 0 bridgehead atoms. The van der Waals surface area contributed by atoms with E-state index in [1.807, 2.05) is 13.8 Å². The summed E-state index contributed by atoms with van der Waals surface area (Å²) in [7, 11) is 0. The maximum absolute atomic E-state index is 12.4. The van der Waals surface area contributed by atoms with Crippen molar-refractivity contribution in [1.82, 2.24) is 9.55 Å². The van der Waals surface area contributed by atoms with Gasteiger partial charge in [0.15, 0.2) is 5.16 Å². The number of aromatic nitrogens is 2. The number of thioether (sulfide) groups is 1. The zero-order valence-electron chi connectivity index (χ0n) is 17.8. The number of anilines is 1. The number of carbonyl (C=O) groups is 2. The highest BCUT2D eigenvalue weighted by molar-refractivity contribution is 7.99. The molecule has 30 heavy (non-hydrogen) atoms. The van der Waals surface area contributed by atoms with Crippen molar-refractivity contribution in [2.45, 2.75) is 57.8 Å². The van der Waals surface area contributed by atoms with Crippen molar-refractivity contribution in [3.05, 3.63) is 41.2 Å². The van der Waals surface area contributed by atoms with E-state index in [9.17, 15) is 9.59 Å². The second-order valence-corrected chi connectivity index (χ2v) is 8.30. The highest BCUT2D eigenvalue weighted by Gasteiger charge is 2.20. The molecule has 8 heteroatoms. The van der Waals surface area contributed by atoms with Crippen LogP contribution in [0.25, 0.3) is 0 Å². The Labute approximate surface area is 181 Å². The summed E-state index contributed by atoms with van der Waals surface area (Å²) in [6.07, 6.45) is 3.15. The standard InChI is InChI=1S/C22H29N3O4S/c1-4-11-29-21(27)17-7-9-18(10-8-17)24-20(26)14-30-22-23-15(2)16(3)25(22)13-19-6-5-12-28-19/h7-10,19H,4-6,11-14H2,1-3H3,(H,24,26)/t19-/m0/s1. The number of nitrogens with one attached hydrogen (secondary N) is 1. The Morgan fingerprint density at radius 3 is 2.73 bits per heavy atom. The summed E-state index contributed by atoms with van der Waals surface area (Å²) in [5.74, 6) is -0.223. The molecule has 1 aromatic carbocycles. The van der Waals surface area contributed by atoms with Crippen molar-refractivity contribution in [2.75, 3.05) is 24.3 Å². The Kier molecular flexibility index (Phi) is 7.93. The van der Waals surface area contributed by atoms with E-state index >= 15 is 0 Å². The second kappa shape index (κ2) is 10.6. The lowest BCUT2D eigenvalue weighted by molar-refractivity contribution is -0.113. The van der Waals surface area contributed by atoms with E-state index in [4.69, 9.17) is 9.47 Å². The van der Waals surface area contributed by atoms with E-state index in [2.05, 4.69) is 21.8 Å². The van der Waals surface area contributed by atoms with E-state index in [1.165, 1.54) is 11.8 Å². The molecule has 3 rings (SSSR count). The molecule has 1 atom stereocenters. The Morgan fingerprint density at radius 2 is 2.07 bits per heavy atom. The van der Waals surface area contributed by atoms with Gasteiger partial charge in [-0.3, -0.25) is 4.79 Å². The summed E-state index contributed by atoms with van der Waals surface area (Å²) >= 11 is 1.42. The predicted molar refractivity (Wildman–Crippen MR) is 117 cm³/mol. The molecular weight excluding hydrogens is 402 g/mol. The largest absolute Gasteiger partial charge is 0.462 e. The van der Waals surface area contributed by atoms with Crippen LogP contribution in [0.15, 0.2) is 29.4 Å². The van der Waals surface area contributed by atoms with Gasteiger partial charge >= 0.3 is 5.97 Å². The molecule has 1 aromatic heterocycles. The monoisotopic (exact) mass is 431 g/mol. The molecule has 1 amide bonds. The van der Waals surface area contributed by atoms with Crippen LogP contribution in [0.1, 0.15) is 47.9 Å². The lowest BCUT2D eigenvalue weighted by atomic mass is 10.2. The Hall–Kier alpha value is -2.32. The number of benzene rings is 1. The summed E-state index contributed by atoms with van der Waals surface area (Å²) < 4.78 is 13.0. The lowest BCUT2D eigenvalue weighted by Crippen LogP contribution is -2.18. The fraction of sp³-hybridized carbons (Fsp3) is 0.500. The quantitative estimate of drug-likeness (QED) is 0.478. The summed E-state index contributed by atoms with van der Waals surface area (Å²) in [6.45, 7) is 7.97. The predicted octanol–water partition coefficient (Wildman–Crippen LogP) is 3.98. The Balaban J connectivity index is 1.54. The van der Waals surface area contributed by atoms with Crippen molar-refractivity contribution in [3.63, 3.8) is 0 Å². The van der Waals surface area contributed by atoms with Crippen molar-refractivity contribution >= 4 is 29.3 Å². The maximum atomic E-state index is 12.4. The number of ether oxygens (including phenoxy) is 2. The third-order valence-corrected chi connectivity index (χ3v) is 5.98. The van der Waals surface area contributed by atoms with Gasteiger partial charge in [-0.25, -0.2) is 9.78 Å². The highest BCUT2D eigenvalue weighted by Crippen LogP contribution is 2.24. The Morgan fingerprint density at radius 1 is 1.30 bits per heavy atom. The molecule has 0 saturated carbocycles. The first-order valence-electron chi connectivity index (χ1n) is 10.3. The molecule has 1 N–H and O–H groups in total. The minimum absolute atomic E-state index is 0.122. The third-order valence-electron chi connectivity index (χ3n) is 5.01. The van der Waals surface area contributed by atoms with Crippen LogP contribution in [0.4, 0.5) is 5.69 Å². The topological polar surface area (TPSA) is 82.5 Å². The van der Waals surface area contributed by atoms with Crippen molar-refractivity contribution in [3.8, 4) is 0 Å². The average molecular weight is 432 g/mol. The summed E-state index contributed by atoms with van der Waals surface area (Å²) in [6, 6.07) is 6.72. The van der Waals surface area contributed by atoms with Gasteiger partial charge < -0.3 is 19.4 Å². The van der Waals surface area contributed by atoms with Crippen molar-refractivity contribution in [1.29, 1.82) is 0 Å². The molecule has 1 aliphatic heterocycles. The first-order valence-corrected chi connectivity index (χ1v) is 11.3. The fourth-order valence-electron chi connectivity index (χ4n) is 3.24. The smallest absolute Gasteiger partial charge is 0.338 e. The van der Waals surface area contributed by atoms with Crippen molar-refractivity contribution in [2.24, 2.45) is 0 Å². The minimum Gasteiger partial charge on any atom is -0.462 e. The molecule has 1 aliphatic rings. The van der Waals surface area contributed by atoms with Gasteiger partial charge in [0.05, 0.1) is 36.3 Å². The third kappa shape index (κ3) is 5.86. The fourth-order valence-corrected chi connectivity index (χ4v) is 4.14. The van der Waals surface area contributed by atoms with Crippen LogP contribution in [-0.2, 0) is 20.8 Å². The summed E-state index contributed by atoms with van der Waals surface area (Å²) in [4.78, 5) is 28.9. The number of nitrogens with zero attached hydrogens (tertiary/aromatic N) is 2. The second-order valence-electron chi connectivity index (χ2n) is 7.36. The normalized spacial score (nSPS) is 15.9. The summed E-state index contributed by atoms with van der Waals surface area (Å²) in [5.41, 5.74) is 3.20. The van der Waals surface area contributed by atoms with E-state index in [-0.39, 0.29) is 23.7 Å². The van der Waals surface area contributed by atoms with Gasteiger partial charge in [-0.1, -0.05) is 18.7 Å². The van der Waals surface area contributed by atoms with Crippen LogP contribution < -0.4 is 5.32 Å². The first kappa shape index (κ1) is 22.4. The molecule has 1 saturated heterocycles. The molecule has 0 spiro atoms. The lowest BCUT2D eigenvalue weighted by Gasteiger charge is -2.14. The van der Waals surface area contributed by atoms with Crippen LogP contribution in [-0.4, -0.2) is 46.5 Å². The molecular formula is C22H29N3O4S. The Bertz CT molecular complexity index is 873. The number of aryl methyl sites for hydroxylation is 1. The number of hydrogen-bond donors (Lipinski definition) is 1. The number of rotatable bonds is 9. The number of hydrogen-bond acceptors (Lipinski definition) is 6. The van der Waals surface area contributed by atoms with E-state index in [1.54, 1.807) is 24.3 Å². The van der Waals surface area contributed by atoms with E-state index in [0.717, 1.165) is 49.0 Å². The van der Waals surface area contributed by atoms with E-state index in [0.29, 0.717) is 17.9 Å². The molecule has 0 aliphatic carbocycles. The zero-order valence-corrected chi connectivity index (χ0v) is 18.6. The number of amides is 1. The SMILES string of the molecule is CCCOC(=O)c1ccc(NC(=O)CSc2nc(C)c(C)n2C[C@@H]2CCCO2)cc1. The average Bonchev–Trinajstić information content (AvgIpc) is 3.35. The molecule has 0 unspecified atom stereocenters.